The van der Waals surface area contributed by atoms with E-state index in [9.17, 15) is 0 Å². The van der Waals surface area contributed by atoms with Gasteiger partial charge in [0.15, 0.2) is 0 Å². The van der Waals surface area contributed by atoms with Gasteiger partial charge >= 0.3 is 0 Å². The summed E-state index contributed by atoms with van der Waals surface area (Å²) in [5, 5.41) is 5.66. The Hall–Kier alpha value is -1.91. The van der Waals surface area contributed by atoms with Crippen LogP contribution in [0.3, 0.4) is 0 Å². The SMILES string of the molecule is CC(N)c1ccccc1Nc1snc2ccccc12. The second kappa shape index (κ2) is 4.99. The largest absolute Gasteiger partial charge is 0.345 e. The van der Waals surface area contributed by atoms with Crippen molar-refractivity contribution in [3.63, 3.8) is 0 Å². The first kappa shape index (κ1) is 12.1. The lowest BCUT2D eigenvalue weighted by Gasteiger charge is -2.13. The Balaban J connectivity index is 2.02. The second-order valence-corrected chi connectivity index (χ2v) is 5.30. The van der Waals surface area contributed by atoms with Gasteiger partial charge in [0.2, 0.25) is 0 Å². The highest BCUT2D eigenvalue weighted by molar-refractivity contribution is 7.11. The minimum Gasteiger partial charge on any atom is -0.345 e. The minimum atomic E-state index is 0.00267. The van der Waals surface area contributed by atoms with Gasteiger partial charge in [0, 0.05) is 17.1 Å². The standard InChI is InChI=1S/C15H15N3S/c1-10(16)11-6-2-4-8-13(11)17-15-12-7-3-5-9-14(12)18-19-15/h2-10,17H,16H2,1H3. The number of benzene rings is 2. The number of rotatable bonds is 3. The number of nitrogens with zero attached hydrogens (tertiary/aromatic N) is 1. The monoisotopic (exact) mass is 269 g/mol. The third kappa shape index (κ3) is 2.32. The van der Waals surface area contributed by atoms with Gasteiger partial charge in [-0.3, -0.25) is 0 Å². The molecule has 1 heterocycles. The molecule has 96 valence electrons. The lowest BCUT2D eigenvalue weighted by Crippen LogP contribution is -2.07. The molecular formula is C15H15N3S. The van der Waals surface area contributed by atoms with Crippen LogP contribution in [0.1, 0.15) is 18.5 Å². The predicted molar refractivity (Wildman–Crippen MR) is 81.9 cm³/mol. The molecule has 0 spiro atoms. The summed E-state index contributed by atoms with van der Waals surface area (Å²) < 4.78 is 4.44. The van der Waals surface area contributed by atoms with Crippen molar-refractivity contribution in [2.45, 2.75) is 13.0 Å². The third-order valence-electron chi connectivity index (χ3n) is 3.08. The summed E-state index contributed by atoms with van der Waals surface area (Å²) in [5.74, 6) is 0. The average molecular weight is 269 g/mol. The smallest absolute Gasteiger partial charge is 0.121 e. The van der Waals surface area contributed by atoms with Crippen molar-refractivity contribution >= 4 is 33.1 Å². The van der Waals surface area contributed by atoms with E-state index in [1.807, 2.05) is 43.3 Å². The molecule has 0 radical (unpaired) electrons. The second-order valence-electron chi connectivity index (χ2n) is 4.53. The van der Waals surface area contributed by atoms with Gasteiger partial charge in [0.05, 0.1) is 5.52 Å². The van der Waals surface area contributed by atoms with Crippen LogP contribution in [0.4, 0.5) is 10.7 Å². The summed E-state index contributed by atoms with van der Waals surface area (Å²) in [4.78, 5) is 0. The van der Waals surface area contributed by atoms with Crippen LogP contribution in [0.2, 0.25) is 0 Å². The minimum absolute atomic E-state index is 0.00267. The van der Waals surface area contributed by atoms with E-state index >= 15 is 0 Å². The fourth-order valence-electron chi connectivity index (χ4n) is 2.11. The molecule has 3 rings (SSSR count). The molecule has 0 aliphatic rings. The van der Waals surface area contributed by atoms with Crippen molar-refractivity contribution in [3.05, 3.63) is 54.1 Å². The van der Waals surface area contributed by atoms with Crippen molar-refractivity contribution in [1.82, 2.24) is 4.37 Å². The molecule has 3 N–H and O–H groups in total. The van der Waals surface area contributed by atoms with Crippen molar-refractivity contribution in [2.75, 3.05) is 5.32 Å². The number of para-hydroxylation sites is 1. The summed E-state index contributed by atoms with van der Waals surface area (Å²) in [5.41, 5.74) is 9.18. The zero-order chi connectivity index (χ0) is 13.2. The van der Waals surface area contributed by atoms with Gasteiger partial charge in [0.1, 0.15) is 5.00 Å². The first-order valence-electron chi connectivity index (χ1n) is 6.21. The van der Waals surface area contributed by atoms with Crippen molar-refractivity contribution in [2.24, 2.45) is 5.73 Å². The summed E-state index contributed by atoms with van der Waals surface area (Å²) in [7, 11) is 0. The van der Waals surface area contributed by atoms with Gasteiger partial charge in [-0.25, -0.2) is 0 Å². The highest BCUT2D eigenvalue weighted by Gasteiger charge is 2.09. The van der Waals surface area contributed by atoms with E-state index in [-0.39, 0.29) is 6.04 Å². The number of anilines is 2. The maximum absolute atomic E-state index is 6.00. The number of aromatic nitrogens is 1. The summed E-state index contributed by atoms with van der Waals surface area (Å²) in [6, 6.07) is 16.3. The molecule has 3 nitrogen and oxygen atoms in total. The van der Waals surface area contributed by atoms with E-state index in [2.05, 4.69) is 21.8 Å². The van der Waals surface area contributed by atoms with Gasteiger partial charge in [0.25, 0.3) is 0 Å². The molecule has 0 saturated heterocycles. The molecule has 1 atom stereocenters. The molecule has 1 aromatic heterocycles. The number of hydrogen-bond donors (Lipinski definition) is 2. The van der Waals surface area contributed by atoms with Crippen molar-refractivity contribution in [3.8, 4) is 0 Å². The van der Waals surface area contributed by atoms with Crippen LogP contribution in [-0.2, 0) is 0 Å². The van der Waals surface area contributed by atoms with Crippen molar-refractivity contribution in [1.29, 1.82) is 0 Å². The molecule has 2 aromatic carbocycles. The van der Waals surface area contributed by atoms with Crippen LogP contribution >= 0.6 is 11.5 Å². The summed E-state index contributed by atoms with van der Waals surface area (Å²) in [6.07, 6.45) is 0. The fraction of sp³-hybridized carbons (Fsp3) is 0.133. The molecule has 0 aliphatic carbocycles. The van der Waals surface area contributed by atoms with Gasteiger partial charge < -0.3 is 11.1 Å². The molecule has 0 bridgehead atoms. The molecule has 0 amide bonds. The Bertz CT molecular complexity index is 703. The van der Waals surface area contributed by atoms with Gasteiger partial charge in [-0.1, -0.05) is 30.3 Å². The Labute approximate surface area is 116 Å². The Morgan fingerprint density at radius 2 is 1.84 bits per heavy atom. The zero-order valence-electron chi connectivity index (χ0n) is 10.6. The first-order chi connectivity index (χ1) is 9.25. The summed E-state index contributed by atoms with van der Waals surface area (Å²) >= 11 is 1.48. The highest BCUT2D eigenvalue weighted by Crippen LogP contribution is 2.32. The maximum atomic E-state index is 6.00. The molecule has 0 fully saturated rings. The molecule has 3 aromatic rings. The first-order valence-corrected chi connectivity index (χ1v) is 6.99. The van der Waals surface area contributed by atoms with Gasteiger partial charge in [-0.05, 0) is 42.2 Å². The van der Waals surface area contributed by atoms with E-state index < -0.39 is 0 Å². The quantitative estimate of drug-likeness (QED) is 0.754. The highest BCUT2D eigenvalue weighted by atomic mass is 32.1. The normalized spacial score (nSPS) is 12.5. The van der Waals surface area contributed by atoms with Crippen LogP contribution in [0, 0.1) is 0 Å². The van der Waals surface area contributed by atoms with E-state index in [1.165, 1.54) is 11.5 Å². The maximum Gasteiger partial charge on any atom is 0.121 e. The van der Waals surface area contributed by atoms with Crippen LogP contribution in [0.15, 0.2) is 48.5 Å². The average Bonchev–Trinajstić information content (AvgIpc) is 2.83. The Morgan fingerprint density at radius 3 is 2.68 bits per heavy atom. The van der Waals surface area contributed by atoms with Crippen LogP contribution < -0.4 is 11.1 Å². The molecule has 0 saturated carbocycles. The molecule has 4 heteroatoms. The topological polar surface area (TPSA) is 50.9 Å². The number of nitrogens with one attached hydrogen (secondary N) is 1. The number of hydrogen-bond acceptors (Lipinski definition) is 4. The molecule has 19 heavy (non-hydrogen) atoms. The lowest BCUT2D eigenvalue weighted by atomic mass is 10.1. The Kier molecular flexibility index (Phi) is 3.19. The zero-order valence-corrected chi connectivity index (χ0v) is 11.4. The van der Waals surface area contributed by atoms with E-state index in [4.69, 9.17) is 5.73 Å². The molecule has 0 aliphatic heterocycles. The van der Waals surface area contributed by atoms with Crippen LogP contribution in [-0.4, -0.2) is 4.37 Å². The number of fused-ring (bicyclic) bond motifs is 1. The van der Waals surface area contributed by atoms with E-state index in [0.717, 1.165) is 27.2 Å². The third-order valence-corrected chi connectivity index (χ3v) is 3.88. The molecule has 1 unspecified atom stereocenters. The van der Waals surface area contributed by atoms with Crippen molar-refractivity contribution < 1.29 is 0 Å². The predicted octanol–water partition coefficient (Wildman–Crippen LogP) is 4.06. The van der Waals surface area contributed by atoms with Gasteiger partial charge in [-0.2, -0.15) is 4.37 Å². The van der Waals surface area contributed by atoms with Crippen LogP contribution in [0.25, 0.3) is 10.9 Å². The van der Waals surface area contributed by atoms with Gasteiger partial charge in [-0.15, -0.1) is 0 Å². The molecular weight excluding hydrogens is 254 g/mol. The van der Waals surface area contributed by atoms with E-state index in [0.29, 0.717) is 0 Å². The van der Waals surface area contributed by atoms with E-state index in [1.54, 1.807) is 0 Å². The fourth-order valence-corrected chi connectivity index (χ4v) is 2.89. The lowest BCUT2D eigenvalue weighted by molar-refractivity contribution is 0.821. The Morgan fingerprint density at radius 1 is 1.11 bits per heavy atom. The van der Waals surface area contributed by atoms with Crippen LogP contribution in [0.5, 0.6) is 0 Å². The number of nitrogens with two attached hydrogens (primary N) is 1. The summed E-state index contributed by atoms with van der Waals surface area (Å²) in [6.45, 7) is 1.99.